The number of likely N-dealkylation sites (N-methyl/N-ethyl adjacent to an activating group) is 1. The van der Waals surface area contributed by atoms with Crippen LogP contribution in [0.2, 0.25) is 0 Å². The second-order valence-electron chi connectivity index (χ2n) is 7.93. The van der Waals surface area contributed by atoms with Crippen LogP contribution >= 0.6 is 0 Å². The second kappa shape index (κ2) is 12.4. The molecule has 3 amide bonds. The van der Waals surface area contributed by atoms with Crippen LogP contribution in [0.5, 0.6) is 0 Å². The van der Waals surface area contributed by atoms with Crippen LogP contribution in [0, 0.1) is 0 Å². The molecule has 0 saturated heterocycles. The SMILES string of the molecule is CN(CC(=O)Nc1ccc(-c2ccc(C(=O)N[C@@H](CN)C(=O)NO)cc2)cc1)Cc1ccccn1. The minimum Gasteiger partial charge on any atom is -0.339 e. The Morgan fingerprint density at radius 3 is 2.23 bits per heavy atom. The molecule has 0 spiro atoms. The summed E-state index contributed by atoms with van der Waals surface area (Å²) in [6.45, 7) is 0.648. The monoisotopic (exact) mass is 476 g/mol. The summed E-state index contributed by atoms with van der Waals surface area (Å²) in [6.07, 6.45) is 1.73. The van der Waals surface area contributed by atoms with Crippen molar-refractivity contribution < 1.29 is 19.6 Å². The molecule has 1 aromatic heterocycles. The van der Waals surface area contributed by atoms with Crippen LogP contribution in [0.1, 0.15) is 16.1 Å². The van der Waals surface area contributed by atoms with E-state index in [1.165, 1.54) is 5.48 Å². The number of benzene rings is 2. The smallest absolute Gasteiger partial charge is 0.267 e. The van der Waals surface area contributed by atoms with Crippen molar-refractivity contribution in [2.45, 2.75) is 12.6 Å². The van der Waals surface area contributed by atoms with Gasteiger partial charge in [0, 0.05) is 30.5 Å². The maximum absolute atomic E-state index is 12.4. The predicted octanol–water partition coefficient (Wildman–Crippen LogP) is 1.38. The highest BCUT2D eigenvalue weighted by Gasteiger charge is 2.19. The Labute approximate surface area is 203 Å². The van der Waals surface area contributed by atoms with Gasteiger partial charge in [-0.05, 0) is 54.6 Å². The van der Waals surface area contributed by atoms with Crippen LogP contribution in [0.4, 0.5) is 5.69 Å². The first kappa shape index (κ1) is 25.5. The number of anilines is 1. The zero-order valence-corrected chi connectivity index (χ0v) is 19.3. The number of carbonyl (C=O) groups excluding carboxylic acids is 3. The molecule has 0 unspecified atom stereocenters. The van der Waals surface area contributed by atoms with Gasteiger partial charge in [0.1, 0.15) is 6.04 Å². The Morgan fingerprint density at radius 1 is 1.00 bits per heavy atom. The number of nitrogens with one attached hydrogen (secondary N) is 3. The molecule has 0 saturated carbocycles. The van der Waals surface area contributed by atoms with E-state index in [-0.39, 0.29) is 19.0 Å². The first-order chi connectivity index (χ1) is 16.9. The third kappa shape index (κ3) is 7.44. The molecule has 182 valence electrons. The van der Waals surface area contributed by atoms with Gasteiger partial charge in [0.15, 0.2) is 0 Å². The van der Waals surface area contributed by atoms with Gasteiger partial charge in [-0.1, -0.05) is 30.3 Å². The molecular weight excluding hydrogens is 448 g/mol. The number of nitrogens with zero attached hydrogens (tertiary/aromatic N) is 2. The lowest BCUT2D eigenvalue weighted by atomic mass is 10.0. The molecular formula is C25H28N6O4. The molecule has 3 aromatic rings. The summed E-state index contributed by atoms with van der Waals surface area (Å²) in [5, 5.41) is 14.1. The molecule has 0 aliphatic rings. The van der Waals surface area contributed by atoms with Gasteiger partial charge < -0.3 is 16.4 Å². The van der Waals surface area contributed by atoms with Crippen molar-refractivity contribution in [3.05, 3.63) is 84.2 Å². The highest BCUT2D eigenvalue weighted by molar-refractivity contribution is 5.98. The number of carbonyl (C=O) groups is 3. The number of amides is 3. The van der Waals surface area contributed by atoms with E-state index in [0.717, 1.165) is 16.8 Å². The van der Waals surface area contributed by atoms with Crippen molar-refractivity contribution in [2.75, 3.05) is 25.5 Å². The average molecular weight is 477 g/mol. The molecule has 1 heterocycles. The lowest BCUT2D eigenvalue weighted by molar-refractivity contribution is -0.130. The Bertz CT molecular complexity index is 1140. The third-order valence-electron chi connectivity index (χ3n) is 5.19. The van der Waals surface area contributed by atoms with E-state index in [4.69, 9.17) is 10.9 Å². The van der Waals surface area contributed by atoms with Crippen LogP contribution in [-0.2, 0) is 16.1 Å². The summed E-state index contributed by atoms with van der Waals surface area (Å²) in [6, 6.07) is 18.8. The van der Waals surface area contributed by atoms with Crippen molar-refractivity contribution in [3.8, 4) is 11.1 Å². The van der Waals surface area contributed by atoms with E-state index < -0.39 is 17.9 Å². The first-order valence-corrected chi connectivity index (χ1v) is 10.9. The van der Waals surface area contributed by atoms with Crippen molar-refractivity contribution >= 4 is 23.4 Å². The fourth-order valence-corrected chi connectivity index (χ4v) is 3.38. The minimum absolute atomic E-state index is 0.128. The highest BCUT2D eigenvalue weighted by atomic mass is 16.5. The Hall–Kier alpha value is -4.12. The topological polar surface area (TPSA) is 150 Å². The number of hydrogen-bond acceptors (Lipinski definition) is 7. The van der Waals surface area contributed by atoms with Gasteiger partial charge in [-0.3, -0.25) is 29.5 Å². The molecule has 0 radical (unpaired) electrons. The van der Waals surface area contributed by atoms with Crippen LogP contribution in [0.25, 0.3) is 11.1 Å². The summed E-state index contributed by atoms with van der Waals surface area (Å²) in [7, 11) is 1.86. The fourth-order valence-electron chi connectivity index (χ4n) is 3.38. The molecule has 0 aliphatic heterocycles. The van der Waals surface area contributed by atoms with E-state index in [0.29, 0.717) is 17.8 Å². The molecule has 2 aromatic carbocycles. The van der Waals surface area contributed by atoms with Gasteiger partial charge >= 0.3 is 0 Å². The maximum Gasteiger partial charge on any atom is 0.267 e. The van der Waals surface area contributed by atoms with Crippen LogP contribution < -0.4 is 21.8 Å². The van der Waals surface area contributed by atoms with Crippen molar-refractivity contribution in [3.63, 3.8) is 0 Å². The van der Waals surface area contributed by atoms with Crippen LogP contribution in [0.3, 0.4) is 0 Å². The Kier molecular flexibility index (Phi) is 9.02. The standard InChI is InChI=1S/C25H28N6O4/c1-31(15-21-4-2-3-13-27-21)16-23(32)28-20-11-9-18(10-12-20)17-5-7-19(8-6-17)24(33)29-22(14-26)25(34)30-35/h2-13,22,35H,14-16,26H2,1H3,(H,28,32)(H,29,33)(H,30,34)/t22-/m0/s1. The predicted molar refractivity (Wildman–Crippen MR) is 131 cm³/mol. The van der Waals surface area contributed by atoms with Crippen molar-refractivity contribution in [1.82, 2.24) is 20.7 Å². The lowest BCUT2D eigenvalue weighted by Gasteiger charge is -2.16. The van der Waals surface area contributed by atoms with Gasteiger partial charge in [0.2, 0.25) is 5.91 Å². The van der Waals surface area contributed by atoms with Gasteiger partial charge in [-0.15, -0.1) is 0 Å². The first-order valence-electron chi connectivity index (χ1n) is 10.9. The van der Waals surface area contributed by atoms with Crippen LogP contribution in [0.15, 0.2) is 72.9 Å². The summed E-state index contributed by atoms with van der Waals surface area (Å²) in [5.74, 6) is -1.40. The number of hydrogen-bond donors (Lipinski definition) is 5. The van der Waals surface area contributed by atoms with Gasteiger partial charge in [0.25, 0.3) is 11.8 Å². The van der Waals surface area contributed by atoms with E-state index in [2.05, 4.69) is 15.6 Å². The molecule has 10 nitrogen and oxygen atoms in total. The lowest BCUT2D eigenvalue weighted by Crippen LogP contribution is -2.50. The molecule has 3 rings (SSSR count). The third-order valence-corrected chi connectivity index (χ3v) is 5.19. The summed E-state index contributed by atoms with van der Waals surface area (Å²) in [4.78, 5) is 42.3. The number of nitrogens with two attached hydrogens (primary N) is 1. The van der Waals surface area contributed by atoms with Crippen LogP contribution in [-0.4, -0.2) is 59.0 Å². The van der Waals surface area contributed by atoms with E-state index in [1.807, 2.05) is 54.4 Å². The molecule has 1 atom stereocenters. The maximum atomic E-state index is 12.4. The normalized spacial score (nSPS) is 11.5. The number of pyridine rings is 1. The summed E-state index contributed by atoms with van der Waals surface area (Å²) in [5.41, 5.74) is 10.6. The number of aromatic nitrogens is 1. The number of rotatable bonds is 10. The summed E-state index contributed by atoms with van der Waals surface area (Å²) < 4.78 is 0. The van der Waals surface area contributed by atoms with Gasteiger partial charge in [0.05, 0.1) is 12.2 Å². The van der Waals surface area contributed by atoms with Gasteiger partial charge in [-0.2, -0.15) is 0 Å². The molecule has 0 bridgehead atoms. The second-order valence-corrected chi connectivity index (χ2v) is 7.93. The number of hydroxylamine groups is 1. The van der Waals surface area contributed by atoms with Gasteiger partial charge in [-0.25, -0.2) is 5.48 Å². The van der Waals surface area contributed by atoms with E-state index in [9.17, 15) is 14.4 Å². The Balaban J connectivity index is 1.55. The van der Waals surface area contributed by atoms with Crippen molar-refractivity contribution in [1.29, 1.82) is 0 Å². The minimum atomic E-state index is -1.04. The average Bonchev–Trinajstić information content (AvgIpc) is 2.87. The molecule has 6 N–H and O–H groups in total. The van der Waals surface area contributed by atoms with E-state index in [1.54, 1.807) is 30.5 Å². The molecule has 0 fully saturated rings. The highest BCUT2D eigenvalue weighted by Crippen LogP contribution is 2.22. The Morgan fingerprint density at radius 2 is 1.66 bits per heavy atom. The molecule has 0 aliphatic carbocycles. The largest absolute Gasteiger partial charge is 0.339 e. The molecule has 10 heteroatoms. The van der Waals surface area contributed by atoms with Crippen molar-refractivity contribution in [2.24, 2.45) is 5.73 Å². The summed E-state index contributed by atoms with van der Waals surface area (Å²) >= 11 is 0. The fraction of sp³-hybridized carbons (Fsp3) is 0.200. The zero-order valence-electron chi connectivity index (χ0n) is 19.3. The zero-order chi connectivity index (χ0) is 25.2. The molecule has 35 heavy (non-hydrogen) atoms. The van der Waals surface area contributed by atoms with E-state index >= 15 is 0 Å². The quantitative estimate of drug-likeness (QED) is 0.219.